The molecule has 0 fully saturated rings. The first-order valence-corrected chi connectivity index (χ1v) is 9.28. The summed E-state index contributed by atoms with van der Waals surface area (Å²) in [6.45, 7) is 5.33. The molecule has 0 spiro atoms. The number of hydrogen-bond acceptors (Lipinski definition) is 6. The Morgan fingerprint density at radius 1 is 1.29 bits per heavy atom. The number of ether oxygens (including phenoxy) is 3. The molecule has 0 saturated carbocycles. The van der Waals surface area contributed by atoms with Gasteiger partial charge in [-0.25, -0.2) is 4.79 Å². The van der Waals surface area contributed by atoms with Gasteiger partial charge in [0.05, 0.1) is 22.2 Å². The lowest BCUT2D eigenvalue weighted by Crippen LogP contribution is -2.13. The number of rotatable bonds is 5. The molecule has 2 aromatic rings. The second-order valence-corrected chi connectivity index (χ2v) is 6.94. The molecule has 3 rings (SSSR count). The summed E-state index contributed by atoms with van der Waals surface area (Å²) in [4.78, 5) is 28.4. The van der Waals surface area contributed by atoms with Crippen molar-refractivity contribution < 1.29 is 23.8 Å². The number of carbonyl (C=O) groups is 2. The van der Waals surface area contributed by atoms with Crippen LogP contribution in [0.5, 0.6) is 11.5 Å². The zero-order valence-corrected chi connectivity index (χ0v) is 17.1. The number of Topliss-reactive ketones (excluding diaryl/α,β-unsaturated/α-hetero) is 1. The molecule has 0 aliphatic carbocycles. The summed E-state index contributed by atoms with van der Waals surface area (Å²) in [5.41, 5.74) is 1.78. The number of halogens is 1. The van der Waals surface area contributed by atoms with Crippen molar-refractivity contribution in [1.82, 2.24) is 4.98 Å². The van der Waals surface area contributed by atoms with Crippen molar-refractivity contribution >= 4 is 33.8 Å². The highest BCUT2D eigenvalue weighted by Crippen LogP contribution is 2.40. The minimum atomic E-state index is -0.601. The zero-order valence-electron chi connectivity index (χ0n) is 15.5. The zero-order chi connectivity index (χ0) is 20.4. The second-order valence-electron chi connectivity index (χ2n) is 6.08. The molecular formula is C20H17BrN2O5. The van der Waals surface area contributed by atoms with Crippen molar-refractivity contribution in [3.8, 4) is 17.6 Å². The topological polar surface area (TPSA) is 101 Å². The van der Waals surface area contributed by atoms with Crippen molar-refractivity contribution in [2.24, 2.45) is 0 Å². The fourth-order valence-corrected chi connectivity index (χ4v) is 3.62. The third kappa shape index (κ3) is 3.53. The number of nitriles is 1. The molecule has 1 N–H and O–H groups in total. The molecule has 1 aliphatic heterocycles. The van der Waals surface area contributed by atoms with E-state index in [0.717, 1.165) is 0 Å². The molecule has 0 unspecified atom stereocenters. The summed E-state index contributed by atoms with van der Waals surface area (Å²) < 4.78 is 16.4. The van der Waals surface area contributed by atoms with Crippen LogP contribution in [-0.4, -0.2) is 30.1 Å². The van der Waals surface area contributed by atoms with Crippen molar-refractivity contribution in [2.75, 3.05) is 13.4 Å². The Bertz CT molecular complexity index is 1050. The molecule has 1 aromatic carbocycles. The molecule has 2 heterocycles. The molecule has 1 aliphatic rings. The summed E-state index contributed by atoms with van der Waals surface area (Å²) in [6.07, 6.45) is 1.45. The largest absolute Gasteiger partial charge is 0.462 e. The van der Waals surface area contributed by atoms with Crippen LogP contribution in [0.3, 0.4) is 0 Å². The van der Waals surface area contributed by atoms with Crippen molar-refractivity contribution in [1.29, 1.82) is 5.26 Å². The summed E-state index contributed by atoms with van der Waals surface area (Å²) in [6, 6.07) is 5.33. The van der Waals surface area contributed by atoms with Gasteiger partial charge in [-0.15, -0.1) is 0 Å². The predicted octanol–water partition coefficient (Wildman–Crippen LogP) is 4.09. The lowest BCUT2D eigenvalue weighted by Gasteiger charge is -2.06. The van der Waals surface area contributed by atoms with Crippen LogP contribution < -0.4 is 9.47 Å². The molecule has 7 nitrogen and oxygen atoms in total. The van der Waals surface area contributed by atoms with Gasteiger partial charge in [0.15, 0.2) is 11.5 Å². The highest BCUT2D eigenvalue weighted by molar-refractivity contribution is 9.10. The number of benzene rings is 1. The maximum Gasteiger partial charge on any atom is 0.340 e. The highest BCUT2D eigenvalue weighted by Gasteiger charge is 2.27. The number of nitrogens with one attached hydrogen (secondary N) is 1. The van der Waals surface area contributed by atoms with E-state index >= 15 is 0 Å². The predicted molar refractivity (Wildman–Crippen MR) is 104 cm³/mol. The molecular weight excluding hydrogens is 428 g/mol. The van der Waals surface area contributed by atoms with E-state index in [-0.39, 0.29) is 30.1 Å². The van der Waals surface area contributed by atoms with Gasteiger partial charge in [0.2, 0.25) is 12.6 Å². The standard InChI is InChI=1S/C20H17BrN2O5/c1-4-26-20(25)17-11(3)23-10(2)16(17)18(24)13(8-22)5-12-6-14(21)19-15(7-12)27-9-28-19/h5-7,23H,4,9H2,1-3H3/b13-5+. The number of ketones is 1. The van der Waals surface area contributed by atoms with Crippen LogP contribution >= 0.6 is 15.9 Å². The quantitative estimate of drug-likeness (QED) is 0.322. The Labute approximate surface area is 170 Å². The third-order valence-corrected chi connectivity index (χ3v) is 4.80. The van der Waals surface area contributed by atoms with E-state index in [4.69, 9.17) is 14.2 Å². The lowest BCUT2D eigenvalue weighted by atomic mass is 9.98. The number of fused-ring (bicyclic) bond motifs is 1. The second kappa shape index (κ2) is 7.90. The van der Waals surface area contributed by atoms with Gasteiger partial charge in [-0.1, -0.05) is 0 Å². The van der Waals surface area contributed by atoms with Gasteiger partial charge in [-0.2, -0.15) is 5.26 Å². The smallest absolute Gasteiger partial charge is 0.340 e. The Morgan fingerprint density at radius 2 is 2.00 bits per heavy atom. The van der Waals surface area contributed by atoms with Crippen LogP contribution in [0.1, 0.15) is 44.6 Å². The van der Waals surface area contributed by atoms with Crippen LogP contribution in [0.4, 0.5) is 0 Å². The van der Waals surface area contributed by atoms with E-state index in [1.807, 2.05) is 6.07 Å². The number of aromatic nitrogens is 1. The summed E-state index contributed by atoms with van der Waals surface area (Å²) in [7, 11) is 0. The first-order chi connectivity index (χ1) is 13.4. The van der Waals surface area contributed by atoms with Gasteiger partial charge in [-0.3, -0.25) is 4.79 Å². The number of esters is 1. The molecule has 8 heteroatoms. The molecule has 0 amide bonds. The van der Waals surface area contributed by atoms with Crippen LogP contribution in [0.15, 0.2) is 22.2 Å². The van der Waals surface area contributed by atoms with E-state index < -0.39 is 11.8 Å². The Hall–Kier alpha value is -3.05. The molecule has 144 valence electrons. The van der Waals surface area contributed by atoms with Crippen molar-refractivity contribution in [3.05, 3.63) is 50.3 Å². The van der Waals surface area contributed by atoms with E-state index in [0.29, 0.717) is 32.9 Å². The van der Waals surface area contributed by atoms with E-state index in [1.54, 1.807) is 32.9 Å². The monoisotopic (exact) mass is 444 g/mol. The number of H-pyrrole nitrogens is 1. The van der Waals surface area contributed by atoms with Gasteiger partial charge in [-0.05, 0) is 60.5 Å². The maximum absolute atomic E-state index is 13.1. The maximum atomic E-state index is 13.1. The minimum Gasteiger partial charge on any atom is -0.462 e. The Kier molecular flexibility index (Phi) is 5.56. The third-order valence-electron chi connectivity index (χ3n) is 4.21. The van der Waals surface area contributed by atoms with Gasteiger partial charge in [0.25, 0.3) is 0 Å². The van der Waals surface area contributed by atoms with Crippen molar-refractivity contribution in [3.63, 3.8) is 0 Å². The summed E-state index contributed by atoms with van der Waals surface area (Å²) >= 11 is 3.39. The molecule has 1 aromatic heterocycles. The Balaban J connectivity index is 2.04. The fourth-order valence-electron chi connectivity index (χ4n) is 3.04. The molecule has 28 heavy (non-hydrogen) atoms. The van der Waals surface area contributed by atoms with Gasteiger partial charge < -0.3 is 19.2 Å². The number of aromatic amines is 1. The molecule has 0 atom stereocenters. The normalized spacial score (nSPS) is 12.6. The van der Waals surface area contributed by atoms with E-state index in [9.17, 15) is 14.9 Å². The van der Waals surface area contributed by atoms with Crippen LogP contribution in [-0.2, 0) is 4.74 Å². The summed E-state index contributed by atoms with van der Waals surface area (Å²) in [5.74, 6) is -0.0630. The van der Waals surface area contributed by atoms with Crippen molar-refractivity contribution in [2.45, 2.75) is 20.8 Å². The first kappa shape index (κ1) is 19.7. The van der Waals surface area contributed by atoms with Gasteiger partial charge >= 0.3 is 5.97 Å². The lowest BCUT2D eigenvalue weighted by molar-refractivity contribution is 0.0523. The average molecular weight is 445 g/mol. The van der Waals surface area contributed by atoms with Crippen LogP contribution in [0.25, 0.3) is 6.08 Å². The summed E-state index contributed by atoms with van der Waals surface area (Å²) in [5, 5.41) is 9.58. The fraction of sp³-hybridized carbons (Fsp3) is 0.250. The molecule has 0 saturated heterocycles. The first-order valence-electron chi connectivity index (χ1n) is 8.49. The minimum absolute atomic E-state index is 0.107. The number of aryl methyl sites for hydroxylation is 2. The van der Waals surface area contributed by atoms with Crippen LogP contribution in [0.2, 0.25) is 0 Å². The number of hydrogen-bond donors (Lipinski definition) is 1. The van der Waals surface area contributed by atoms with E-state index in [1.165, 1.54) is 6.08 Å². The van der Waals surface area contributed by atoms with Gasteiger partial charge in [0.1, 0.15) is 11.6 Å². The molecule has 0 bridgehead atoms. The SMILES string of the molecule is CCOC(=O)c1c(C)[nH]c(C)c1C(=O)/C(C#N)=C/c1cc(Br)c2c(c1)OCO2. The Morgan fingerprint density at radius 3 is 2.68 bits per heavy atom. The highest BCUT2D eigenvalue weighted by atomic mass is 79.9. The number of carbonyl (C=O) groups excluding carboxylic acids is 2. The number of nitrogens with zero attached hydrogens (tertiary/aromatic N) is 1. The van der Waals surface area contributed by atoms with Gasteiger partial charge in [0, 0.05) is 11.4 Å². The van der Waals surface area contributed by atoms with Crippen LogP contribution in [0, 0.1) is 25.2 Å². The average Bonchev–Trinajstić information content (AvgIpc) is 3.23. The number of allylic oxidation sites excluding steroid dienone is 1. The van der Waals surface area contributed by atoms with E-state index in [2.05, 4.69) is 20.9 Å². The molecule has 0 radical (unpaired) electrons.